The number of hydrogen-bond donors (Lipinski definition) is 9. The second-order valence-corrected chi connectivity index (χ2v) is 14.6. The predicted molar refractivity (Wildman–Crippen MR) is 172 cm³/mol. The summed E-state index contributed by atoms with van der Waals surface area (Å²) < 4.78 is 45.7. The molecule has 3 fully saturated rings. The fourth-order valence-electron chi connectivity index (χ4n) is 6.85. The maximum Gasteiger partial charge on any atom is 0.126 e. The molecule has 3 aliphatic rings. The molecule has 0 spiro atoms. The Bertz CT molecular complexity index is 943. The minimum absolute atomic E-state index is 0.0112. The normalized spacial score (nSPS) is 40.6. The summed E-state index contributed by atoms with van der Waals surface area (Å²) in [5.74, 6) is -2.32. The number of nitrogens with zero attached hydrogens (tertiary/aromatic N) is 1. The lowest BCUT2D eigenvalue weighted by Gasteiger charge is -2.44. The van der Waals surface area contributed by atoms with Crippen LogP contribution in [-0.2, 0) is 37.9 Å². The molecule has 16 unspecified atom stereocenters. The van der Waals surface area contributed by atoms with Gasteiger partial charge < -0.3 is 88.3 Å². The number of quaternary nitrogens is 1. The molecule has 9 N–H and O–H groups in total. The van der Waals surface area contributed by atoms with Crippen molar-refractivity contribution in [3.63, 3.8) is 0 Å². The van der Waals surface area contributed by atoms with E-state index in [4.69, 9.17) is 37.9 Å². The van der Waals surface area contributed by atoms with Crippen molar-refractivity contribution in [3.8, 4) is 0 Å². The molecule has 0 saturated carbocycles. The van der Waals surface area contributed by atoms with Crippen LogP contribution in [0, 0.1) is 17.8 Å². The number of hydrogen-bond acceptors (Lipinski definition) is 17. The third-order valence-electron chi connectivity index (χ3n) is 9.58. The van der Waals surface area contributed by atoms with E-state index < -0.39 is 110 Å². The molecule has 18 heteroatoms. The van der Waals surface area contributed by atoms with E-state index in [2.05, 4.69) is 0 Å². The zero-order chi connectivity index (χ0) is 37.2. The monoisotopic (exact) mass is 732 g/mol. The summed E-state index contributed by atoms with van der Waals surface area (Å²) >= 11 is 0. The first kappa shape index (κ1) is 43.7. The Morgan fingerprint density at radius 3 is 1.30 bits per heavy atom. The van der Waals surface area contributed by atoms with Crippen LogP contribution in [0.1, 0.15) is 0 Å². The van der Waals surface area contributed by atoms with Crippen molar-refractivity contribution in [1.82, 2.24) is 0 Å². The molecule has 296 valence electrons. The molecule has 3 saturated heterocycles. The summed E-state index contributed by atoms with van der Waals surface area (Å²) in [5, 5.41) is 94.9. The van der Waals surface area contributed by atoms with Crippen molar-refractivity contribution in [3.05, 3.63) is 0 Å². The van der Waals surface area contributed by atoms with Gasteiger partial charge in [-0.2, -0.15) is 0 Å². The highest BCUT2D eigenvalue weighted by atomic mass is 16.6. The maximum absolute atomic E-state index is 11.3. The molecular weight excluding hydrogens is 670 g/mol. The van der Waals surface area contributed by atoms with Crippen LogP contribution in [0.25, 0.3) is 0 Å². The predicted octanol–water partition coefficient (Wildman–Crippen LogP) is -5.30. The first-order valence-corrected chi connectivity index (χ1v) is 17.1. The molecule has 0 radical (unpaired) electrons. The fraction of sp³-hybridized carbons (Fsp3) is 1.00. The largest absolute Gasteiger partial charge is 0.394 e. The van der Waals surface area contributed by atoms with Crippen molar-refractivity contribution >= 4 is 0 Å². The summed E-state index contributed by atoms with van der Waals surface area (Å²) in [5.41, 5.74) is 0. The van der Waals surface area contributed by atoms with Gasteiger partial charge in [0, 0.05) is 32.0 Å². The number of aliphatic hydroxyl groups is 9. The number of methoxy groups -OCH3 is 2. The van der Waals surface area contributed by atoms with E-state index in [-0.39, 0.29) is 52.9 Å². The highest BCUT2D eigenvalue weighted by Gasteiger charge is 2.48. The van der Waals surface area contributed by atoms with Crippen LogP contribution in [0.15, 0.2) is 0 Å². The molecule has 3 heterocycles. The van der Waals surface area contributed by atoms with Gasteiger partial charge in [0.25, 0.3) is 0 Å². The van der Waals surface area contributed by atoms with E-state index in [0.29, 0.717) is 11.0 Å². The Morgan fingerprint density at radius 2 is 0.880 bits per heavy atom. The van der Waals surface area contributed by atoms with Gasteiger partial charge in [0.05, 0.1) is 124 Å². The Labute approximate surface area is 293 Å². The minimum Gasteiger partial charge on any atom is -0.394 e. The molecule has 3 rings (SSSR count). The summed E-state index contributed by atoms with van der Waals surface area (Å²) in [7, 11) is 8.63. The van der Waals surface area contributed by atoms with Crippen LogP contribution in [0.3, 0.4) is 0 Å². The van der Waals surface area contributed by atoms with Gasteiger partial charge in [0.1, 0.15) is 49.3 Å². The van der Waals surface area contributed by atoms with Gasteiger partial charge in [0.2, 0.25) is 0 Å². The molecule has 0 aromatic rings. The van der Waals surface area contributed by atoms with Crippen LogP contribution in [0.5, 0.6) is 0 Å². The molecular formula is C32H62NO17+. The highest BCUT2D eigenvalue weighted by molar-refractivity contribution is 4.95. The van der Waals surface area contributed by atoms with Crippen LogP contribution in [-0.4, -0.2) is 238 Å². The topological polar surface area (TPSA) is 256 Å². The Balaban J connectivity index is 1.64. The fourth-order valence-corrected chi connectivity index (χ4v) is 6.85. The van der Waals surface area contributed by atoms with Gasteiger partial charge >= 0.3 is 0 Å². The SMILES string of the molecule is COCC1OC(CO)C(COCC2OC(COCC(O)C[N+](C)(C)C)C(COCC3OC(CO)C(COC)C(O)C3O)C(O)C2O)C(O)C1O. The van der Waals surface area contributed by atoms with Crippen LogP contribution < -0.4 is 0 Å². The number of rotatable bonds is 20. The molecule has 16 atom stereocenters. The van der Waals surface area contributed by atoms with Crippen molar-refractivity contribution in [1.29, 1.82) is 0 Å². The molecule has 18 nitrogen and oxygen atoms in total. The highest BCUT2D eigenvalue weighted by Crippen LogP contribution is 2.31. The molecule has 0 aliphatic carbocycles. The zero-order valence-corrected chi connectivity index (χ0v) is 29.8. The van der Waals surface area contributed by atoms with Gasteiger partial charge in [-0.25, -0.2) is 0 Å². The molecule has 50 heavy (non-hydrogen) atoms. The number of ether oxygens (including phenoxy) is 8. The summed E-state index contributed by atoms with van der Waals surface area (Å²) in [6.07, 6.45) is -14.2. The number of aliphatic hydroxyl groups excluding tert-OH is 9. The summed E-state index contributed by atoms with van der Waals surface area (Å²) in [6, 6.07) is 0. The minimum atomic E-state index is -1.45. The van der Waals surface area contributed by atoms with Gasteiger partial charge in [0.15, 0.2) is 0 Å². The Kier molecular flexibility index (Phi) is 18.0. The number of likely N-dealkylation sites (N-methyl/N-ethyl adjacent to an activating group) is 1. The molecule has 0 amide bonds. The lowest BCUT2D eigenvalue weighted by atomic mass is 9.86. The van der Waals surface area contributed by atoms with Gasteiger partial charge in [-0.1, -0.05) is 0 Å². The molecule has 0 bridgehead atoms. The van der Waals surface area contributed by atoms with Crippen LogP contribution in [0.4, 0.5) is 0 Å². The van der Waals surface area contributed by atoms with Gasteiger partial charge in [-0.15, -0.1) is 0 Å². The lowest BCUT2D eigenvalue weighted by Crippen LogP contribution is -2.60. The summed E-state index contributed by atoms with van der Waals surface area (Å²) in [4.78, 5) is 0. The van der Waals surface area contributed by atoms with E-state index in [1.807, 2.05) is 21.1 Å². The lowest BCUT2D eigenvalue weighted by molar-refractivity contribution is -0.873. The van der Waals surface area contributed by atoms with Crippen molar-refractivity contribution in [2.45, 2.75) is 79.4 Å². The average molecular weight is 733 g/mol. The van der Waals surface area contributed by atoms with Crippen molar-refractivity contribution < 1.29 is 88.3 Å². The third-order valence-corrected chi connectivity index (χ3v) is 9.58. The van der Waals surface area contributed by atoms with E-state index in [1.165, 1.54) is 14.2 Å². The average Bonchev–Trinajstić information content (AvgIpc) is 3.06. The van der Waals surface area contributed by atoms with Gasteiger partial charge in [-0.3, -0.25) is 0 Å². The molecule has 3 aliphatic heterocycles. The van der Waals surface area contributed by atoms with Crippen LogP contribution in [0.2, 0.25) is 0 Å². The zero-order valence-electron chi connectivity index (χ0n) is 29.8. The van der Waals surface area contributed by atoms with E-state index in [1.54, 1.807) is 0 Å². The van der Waals surface area contributed by atoms with E-state index in [0.717, 1.165) is 0 Å². The maximum atomic E-state index is 11.3. The summed E-state index contributed by atoms with van der Waals surface area (Å²) in [6.45, 7) is -1.31. The Hall–Kier alpha value is -0.720. The standard InChI is InChI=1S/C32H62NO17/c1-33(2,3)6-17(36)9-45-14-23-20(12-47-15-25-31(41)27(37)18(10-43-4)21(7-34)49-25)29(39)32(42)26(50-23)16-46-11-19-22(8-35)48-24(13-44-5)30(40)28(19)38/h17-32,34-42H,6-16H2,1-5H3/q+1. The molecule has 0 aromatic carbocycles. The Morgan fingerprint density at radius 1 is 0.500 bits per heavy atom. The second-order valence-electron chi connectivity index (χ2n) is 14.6. The second kappa shape index (κ2) is 20.7. The first-order valence-electron chi connectivity index (χ1n) is 17.1. The van der Waals surface area contributed by atoms with E-state index >= 15 is 0 Å². The van der Waals surface area contributed by atoms with E-state index in [9.17, 15) is 46.0 Å². The molecule has 0 aromatic heterocycles. The quantitative estimate of drug-likeness (QED) is 0.0530. The smallest absolute Gasteiger partial charge is 0.126 e. The third kappa shape index (κ3) is 11.9. The van der Waals surface area contributed by atoms with Crippen LogP contribution >= 0.6 is 0 Å². The van der Waals surface area contributed by atoms with Gasteiger partial charge in [-0.05, 0) is 0 Å². The van der Waals surface area contributed by atoms with Crippen molar-refractivity contribution in [2.24, 2.45) is 17.8 Å². The van der Waals surface area contributed by atoms with Crippen molar-refractivity contribution in [2.75, 3.05) is 108 Å². The first-order chi connectivity index (χ1) is 23.7.